The second-order valence-electron chi connectivity index (χ2n) is 6.58. The van der Waals surface area contributed by atoms with E-state index in [1.807, 2.05) is 23.3 Å². The molecule has 2 aromatic heterocycles. The Labute approximate surface area is 135 Å². The van der Waals surface area contributed by atoms with E-state index < -0.39 is 0 Å². The van der Waals surface area contributed by atoms with Crippen molar-refractivity contribution in [1.82, 2.24) is 24.6 Å². The number of nitrogens with zero attached hydrogens (tertiary/aromatic N) is 6. The van der Waals surface area contributed by atoms with E-state index in [1.165, 1.54) is 24.8 Å². The number of hydrogen-bond acceptors (Lipinski definition) is 5. The molecule has 2 fully saturated rings. The molecule has 1 saturated heterocycles. The normalized spacial score (nSPS) is 22.0. The Morgan fingerprint density at radius 2 is 2.00 bits per heavy atom. The highest BCUT2D eigenvalue weighted by Crippen LogP contribution is 2.34. The average Bonchev–Trinajstić information content (AvgIpc) is 3.16. The van der Waals surface area contributed by atoms with Crippen LogP contribution in [0.25, 0.3) is 0 Å². The maximum atomic E-state index is 8.90. The van der Waals surface area contributed by atoms with Gasteiger partial charge in [0.25, 0.3) is 0 Å². The van der Waals surface area contributed by atoms with Crippen molar-refractivity contribution in [2.75, 3.05) is 13.1 Å². The summed E-state index contributed by atoms with van der Waals surface area (Å²) in [6.07, 6.45) is 12.3. The molecule has 2 aromatic rings. The third-order valence-electron chi connectivity index (χ3n) is 4.95. The number of aromatic nitrogens is 4. The Balaban J connectivity index is 1.35. The molecule has 0 aromatic carbocycles. The van der Waals surface area contributed by atoms with Crippen LogP contribution in [0.2, 0.25) is 0 Å². The molecule has 118 valence electrons. The fraction of sp³-hybridized carbons (Fsp3) is 0.529. The van der Waals surface area contributed by atoms with Gasteiger partial charge in [0.05, 0.1) is 17.8 Å². The first kappa shape index (κ1) is 14.3. The van der Waals surface area contributed by atoms with E-state index in [0.29, 0.717) is 17.5 Å². The minimum absolute atomic E-state index is 0.354. The fourth-order valence-corrected chi connectivity index (χ4v) is 3.35. The zero-order valence-electron chi connectivity index (χ0n) is 13.1. The highest BCUT2D eigenvalue weighted by atomic mass is 15.3. The quantitative estimate of drug-likeness (QED) is 0.866. The van der Waals surface area contributed by atoms with Crippen LogP contribution in [-0.4, -0.2) is 37.7 Å². The lowest BCUT2D eigenvalue weighted by atomic mass is 9.85. The van der Waals surface area contributed by atoms with Gasteiger partial charge in [-0.2, -0.15) is 10.4 Å². The molecule has 0 N–H and O–H groups in total. The first-order valence-corrected chi connectivity index (χ1v) is 8.29. The van der Waals surface area contributed by atoms with E-state index in [9.17, 15) is 0 Å². The third kappa shape index (κ3) is 2.97. The molecule has 1 atom stereocenters. The SMILES string of the molecule is N#Cc1cnn(C2CCN(Cc3cnc(C4CCC4)nc3)C2)c1. The molecule has 4 rings (SSSR count). The van der Waals surface area contributed by atoms with E-state index in [2.05, 4.69) is 26.0 Å². The van der Waals surface area contributed by atoms with Gasteiger partial charge in [-0.05, 0) is 19.3 Å². The molecule has 0 radical (unpaired) electrons. The summed E-state index contributed by atoms with van der Waals surface area (Å²) in [5.74, 6) is 1.61. The molecule has 1 unspecified atom stereocenters. The molecule has 1 aliphatic carbocycles. The zero-order chi connectivity index (χ0) is 15.6. The van der Waals surface area contributed by atoms with Crippen molar-refractivity contribution in [2.45, 2.75) is 44.2 Å². The Hall–Kier alpha value is -2.26. The lowest BCUT2D eigenvalue weighted by Crippen LogP contribution is -2.22. The topological polar surface area (TPSA) is 70.6 Å². The summed E-state index contributed by atoms with van der Waals surface area (Å²) < 4.78 is 1.93. The van der Waals surface area contributed by atoms with Gasteiger partial charge in [-0.15, -0.1) is 0 Å². The second-order valence-corrected chi connectivity index (χ2v) is 6.58. The van der Waals surface area contributed by atoms with Crippen molar-refractivity contribution >= 4 is 0 Å². The highest BCUT2D eigenvalue weighted by molar-refractivity contribution is 5.22. The highest BCUT2D eigenvalue weighted by Gasteiger charge is 2.25. The predicted molar refractivity (Wildman–Crippen MR) is 84.5 cm³/mol. The summed E-state index contributed by atoms with van der Waals surface area (Å²) in [6, 6.07) is 2.49. The molecule has 0 spiro atoms. The van der Waals surface area contributed by atoms with Crippen molar-refractivity contribution < 1.29 is 0 Å². The smallest absolute Gasteiger partial charge is 0.131 e. The first-order valence-electron chi connectivity index (χ1n) is 8.29. The van der Waals surface area contributed by atoms with Crippen LogP contribution in [0.1, 0.15) is 54.6 Å². The van der Waals surface area contributed by atoms with Crippen molar-refractivity contribution in [2.24, 2.45) is 0 Å². The van der Waals surface area contributed by atoms with E-state index >= 15 is 0 Å². The van der Waals surface area contributed by atoms with Crippen LogP contribution in [0.3, 0.4) is 0 Å². The standard InChI is InChI=1S/C17H20N6/c18-6-13-9-21-23(11-13)16-4-5-22(12-16)10-14-7-19-17(20-8-14)15-2-1-3-15/h7-9,11,15-16H,1-5,10,12H2. The van der Waals surface area contributed by atoms with Gasteiger partial charge in [-0.25, -0.2) is 9.97 Å². The molecule has 1 saturated carbocycles. The summed E-state index contributed by atoms with van der Waals surface area (Å²) in [4.78, 5) is 11.5. The van der Waals surface area contributed by atoms with Gasteiger partial charge >= 0.3 is 0 Å². The maximum Gasteiger partial charge on any atom is 0.131 e. The molecule has 1 aliphatic heterocycles. The molecule has 0 bridgehead atoms. The molecule has 6 heteroatoms. The number of likely N-dealkylation sites (tertiary alicyclic amines) is 1. The Morgan fingerprint density at radius 3 is 2.65 bits per heavy atom. The lowest BCUT2D eigenvalue weighted by Gasteiger charge is -2.23. The average molecular weight is 308 g/mol. The summed E-state index contributed by atoms with van der Waals surface area (Å²) in [5.41, 5.74) is 1.80. The summed E-state index contributed by atoms with van der Waals surface area (Å²) in [7, 11) is 0. The van der Waals surface area contributed by atoms with Gasteiger partial charge in [0, 0.05) is 49.7 Å². The fourth-order valence-electron chi connectivity index (χ4n) is 3.35. The van der Waals surface area contributed by atoms with Gasteiger partial charge in [-0.1, -0.05) is 6.42 Å². The molecular weight excluding hydrogens is 288 g/mol. The number of hydrogen-bond donors (Lipinski definition) is 0. The summed E-state index contributed by atoms with van der Waals surface area (Å²) in [6.45, 7) is 2.88. The summed E-state index contributed by atoms with van der Waals surface area (Å²) >= 11 is 0. The van der Waals surface area contributed by atoms with Crippen LogP contribution in [-0.2, 0) is 6.54 Å². The van der Waals surface area contributed by atoms with Gasteiger partial charge < -0.3 is 0 Å². The molecule has 23 heavy (non-hydrogen) atoms. The van der Waals surface area contributed by atoms with E-state index in [-0.39, 0.29) is 0 Å². The van der Waals surface area contributed by atoms with Gasteiger partial charge in [0.2, 0.25) is 0 Å². The minimum Gasteiger partial charge on any atom is -0.297 e. The van der Waals surface area contributed by atoms with Gasteiger partial charge in [-0.3, -0.25) is 9.58 Å². The van der Waals surface area contributed by atoms with Gasteiger partial charge in [0.1, 0.15) is 11.9 Å². The van der Waals surface area contributed by atoms with E-state index in [0.717, 1.165) is 31.9 Å². The predicted octanol–water partition coefficient (Wildman–Crippen LogP) is 2.26. The summed E-state index contributed by atoms with van der Waals surface area (Å²) in [5, 5.41) is 13.2. The first-order chi connectivity index (χ1) is 11.3. The lowest BCUT2D eigenvalue weighted by molar-refractivity contribution is 0.310. The molecular formula is C17H20N6. The Morgan fingerprint density at radius 1 is 1.17 bits per heavy atom. The van der Waals surface area contributed by atoms with Crippen LogP contribution in [0.4, 0.5) is 0 Å². The van der Waals surface area contributed by atoms with Gasteiger partial charge in [0.15, 0.2) is 0 Å². The van der Waals surface area contributed by atoms with Crippen LogP contribution in [0, 0.1) is 11.3 Å². The molecule has 2 aliphatic rings. The molecule has 0 amide bonds. The van der Waals surface area contributed by atoms with Crippen LogP contribution in [0.15, 0.2) is 24.8 Å². The molecule has 6 nitrogen and oxygen atoms in total. The third-order valence-corrected chi connectivity index (χ3v) is 4.95. The van der Waals surface area contributed by atoms with E-state index in [1.54, 1.807) is 6.20 Å². The second kappa shape index (κ2) is 6.09. The minimum atomic E-state index is 0.354. The van der Waals surface area contributed by atoms with Crippen LogP contribution < -0.4 is 0 Å². The zero-order valence-corrected chi connectivity index (χ0v) is 13.1. The van der Waals surface area contributed by atoms with Crippen molar-refractivity contribution in [3.8, 4) is 6.07 Å². The largest absolute Gasteiger partial charge is 0.297 e. The van der Waals surface area contributed by atoms with Crippen LogP contribution >= 0.6 is 0 Å². The Bertz CT molecular complexity index is 709. The number of rotatable bonds is 4. The monoisotopic (exact) mass is 308 g/mol. The maximum absolute atomic E-state index is 8.90. The van der Waals surface area contributed by atoms with Crippen LogP contribution in [0.5, 0.6) is 0 Å². The Kier molecular flexibility index (Phi) is 3.80. The molecule has 3 heterocycles. The van der Waals surface area contributed by atoms with Crippen molar-refractivity contribution in [1.29, 1.82) is 5.26 Å². The number of nitriles is 1. The van der Waals surface area contributed by atoms with E-state index in [4.69, 9.17) is 5.26 Å². The van der Waals surface area contributed by atoms with Crippen molar-refractivity contribution in [3.63, 3.8) is 0 Å². The van der Waals surface area contributed by atoms with Crippen molar-refractivity contribution in [3.05, 3.63) is 41.7 Å².